The number of aliphatic hydroxyl groups is 4. The van der Waals surface area contributed by atoms with Gasteiger partial charge < -0.3 is 53.6 Å². The molecule has 0 aromatic rings. The molecule has 0 saturated carbocycles. The van der Waals surface area contributed by atoms with Gasteiger partial charge in [-0.15, -0.1) is 0 Å². The first-order chi connectivity index (χ1) is 19.1. The van der Waals surface area contributed by atoms with Crippen LogP contribution in [-0.4, -0.2) is 107 Å². The smallest absolute Gasteiger partial charge is 0.163 e. The van der Waals surface area contributed by atoms with Crippen LogP contribution < -0.4 is 0 Å². The molecule has 0 radical (unpaired) electrons. The molecule has 4 aliphatic rings. The van der Waals surface area contributed by atoms with Gasteiger partial charge >= 0.3 is 0 Å². The van der Waals surface area contributed by atoms with Crippen molar-refractivity contribution >= 4 is 0 Å². The predicted octanol–water partition coefficient (Wildman–Crippen LogP) is 2.01. The third-order valence-corrected chi connectivity index (χ3v) is 10.3. The van der Waals surface area contributed by atoms with E-state index in [1.165, 1.54) is 0 Å². The standard InChI is InChI=1S/C30H54O11/c1-11-13(3)27(34)35-18(8)24(11)39-30-16(6)22(32)26(20(10)38-30)41-28-14(4)12(2)25(19(9)37-28)40-29-15(5)21(31)23(33)17(7)36-29/h11-34H,1-10H3/t11-,12-,13?,14?,15?,16?,17?,18?,19?,20?,21-,22-,23+,24+,25+,26-,27?,28?,29?,30?/m0/s1. The van der Waals surface area contributed by atoms with Crippen molar-refractivity contribution in [2.75, 3.05) is 0 Å². The highest BCUT2D eigenvalue weighted by atomic mass is 16.7. The first-order valence-corrected chi connectivity index (χ1v) is 15.4. The fourth-order valence-corrected chi connectivity index (χ4v) is 6.70. The highest BCUT2D eigenvalue weighted by Gasteiger charge is 2.50. The van der Waals surface area contributed by atoms with Gasteiger partial charge in [0.2, 0.25) is 0 Å². The summed E-state index contributed by atoms with van der Waals surface area (Å²) in [5.41, 5.74) is 0. The number of ether oxygens (including phenoxy) is 7. The molecule has 0 bridgehead atoms. The van der Waals surface area contributed by atoms with E-state index in [9.17, 15) is 20.4 Å². The van der Waals surface area contributed by atoms with Gasteiger partial charge in [-0.3, -0.25) is 0 Å². The molecule has 0 amide bonds. The highest BCUT2D eigenvalue weighted by Crippen LogP contribution is 2.40. The molecular weight excluding hydrogens is 536 g/mol. The maximum absolute atomic E-state index is 11.4. The molecule has 0 aliphatic carbocycles. The number of hydrogen-bond acceptors (Lipinski definition) is 11. The lowest BCUT2D eigenvalue weighted by molar-refractivity contribution is -0.361. The van der Waals surface area contributed by atoms with Crippen molar-refractivity contribution in [3.05, 3.63) is 0 Å². The van der Waals surface area contributed by atoms with E-state index in [2.05, 4.69) is 6.92 Å². The van der Waals surface area contributed by atoms with Gasteiger partial charge in [0.15, 0.2) is 25.2 Å². The summed E-state index contributed by atoms with van der Waals surface area (Å²) in [6.45, 7) is 19.1. The summed E-state index contributed by atoms with van der Waals surface area (Å²) in [5, 5.41) is 42.1. The maximum atomic E-state index is 11.4. The van der Waals surface area contributed by atoms with Crippen LogP contribution in [0.4, 0.5) is 0 Å². The molecule has 20 atom stereocenters. The molecular formula is C30H54O11. The Bertz CT molecular complexity index is 847. The SMILES string of the molecule is CC1OC(O[C@H]2C(C)OC(O[C@H]3C(C)OC(O[C@H]4C(C)OC(O)C(C)[C@@H]4C)C(C)[C@@H]3O)C(C)[C@@H]2C)C(C)[C@H](O)[C@@H]1O. The van der Waals surface area contributed by atoms with Crippen LogP contribution in [0.25, 0.3) is 0 Å². The lowest BCUT2D eigenvalue weighted by Crippen LogP contribution is -2.60. The Balaban J connectivity index is 1.37. The van der Waals surface area contributed by atoms with Gasteiger partial charge in [-0.1, -0.05) is 41.5 Å². The summed E-state index contributed by atoms with van der Waals surface area (Å²) < 4.78 is 43.3. The van der Waals surface area contributed by atoms with Gasteiger partial charge in [-0.05, 0) is 39.5 Å². The van der Waals surface area contributed by atoms with Crippen LogP contribution in [0.2, 0.25) is 0 Å². The fraction of sp³-hybridized carbons (Fsp3) is 1.00. The topological polar surface area (TPSA) is 146 Å². The summed E-state index contributed by atoms with van der Waals surface area (Å²) >= 11 is 0. The molecule has 11 heteroatoms. The van der Waals surface area contributed by atoms with Crippen molar-refractivity contribution in [2.45, 2.75) is 155 Å². The molecule has 240 valence electrons. The Morgan fingerprint density at radius 3 is 1.32 bits per heavy atom. The fourth-order valence-electron chi connectivity index (χ4n) is 6.70. The third kappa shape index (κ3) is 6.66. The number of aliphatic hydroxyl groups excluding tert-OH is 4. The second-order valence-electron chi connectivity index (χ2n) is 13.3. The van der Waals surface area contributed by atoms with E-state index in [0.29, 0.717) is 0 Å². The molecule has 4 heterocycles. The van der Waals surface area contributed by atoms with E-state index < -0.39 is 67.7 Å². The Hall–Kier alpha value is -0.440. The van der Waals surface area contributed by atoms with Crippen LogP contribution in [0.5, 0.6) is 0 Å². The van der Waals surface area contributed by atoms with Crippen LogP contribution in [0.3, 0.4) is 0 Å². The summed E-state index contributed by atoms with van der Waals surface area (Å²) in [5.74, 6) is -0.911. The van der Waals surface area contributed by atoms with E-state index in [1.54, 1.807) is 13.8 Å². The van der Waals surface area contributed by atoms with Gasteiger partial charge in [0.1, 0.15) is 12.2 Å². The lowest BCUT2D eigenvalue weighted by atomic mass is 9.84. The lowest BCUT2D eigenvalue weighted by Gasteiger charge is -2.50. The van der Waals surface area contributed by atoms with Crippen molar-refractivity contribution < 1.29 is 53.6 Å². The van der Waals surface area contributed by atoms with Gasteiger partial charge in [-0.25, -0.2) is 0 Å². The number of hydrogen-bond donors (Lipinski definition) is 4. The molecule has 0 spiro atoms. The molecule has 12 unspecified atom stereocenters. The zero-order chi connectivity index (χ0) is 30.5. The second-order valence-corrected chi connectivity index (χ2v) is 13.3. The van der Waals surface area contributed by atoms with Crippen LogP contribution in [0.1, 0.15) is 69.2 Å². The normalized spacial score (nSPS) is 56.9. The molecule has 4 aliphatic heterocycles. The molecule has 4 fully saturated rings. The van der Waals surface area contributed by atoms with Crippen LogP contribution in [0.15, 0.2) is 0 Å². The molecule has 4 rings (SSSR count). The summed E-state index contributed by atoms with van der Waals surface area (Å²) in [4.78, 5) is 0. The second kappa shape index (κ2) is 13.3. The largest absolute Gasteiger partial charge is 0.390 e. The number of rotatable bonds is 6. The maximum Gasteiger partial charge on any atom is 0.163 e. The van der Waals surface area contributed by atoms with E-state index in [4.69, 9.17) is 33.2 Å². The molecule has 11 nitrogen and oxygen atoms in total. The summed E-state index contributed by atoms with van der Waals surface area (Å²) in [7, 11) is 0. The zero-order valence-corrected chi connectivity index (χ0v) is 26.2. The van der Waals surface area contributed by atoms with E-state index in [-0.39, 0.29) is 54.0 Å². The minimum atomic E-state index is -0.961. The first-order valence-electron chi connectivity index (χ1n) is 15.4. The molecule has 4 saturated heterocycles. The average molecular weight is 591 g/mol. The van der Waals surface area contributed by atoms with Gasteiger partial charge in [0.25, 0.3) is 0 Å². The van der Waals surface area contributed by atoms with Gasteiger partial charge in [-0.2, -0.15) is 0 Å². The van der Waals surface area contributed by atoms with Crippen molar-refractivity contribution in [1.82, 2.24) is 0 Å². The van der Waals surface area contributed by atoms with Gasteiger partial charge in [0.05, 0.1) is 48.8 Å². The van der Waals surface area contributed by atoms with E-state index in [0.717, 1.165) is 0 Å². The van der Waals surface area contributed by atoms with Crippen molar-refractivity contribution in [3.8, 4) is 0 Å². The van der Waals surface area contributed by atoms with Crippen molar-refractivity contribution in [3.63, 3.8) is 0 Å². The van der Waals surface area contributed by atoms with Crippen LogP contribution in [0, 0.1) is 35.5 Å². The van der Waals surface area contributed by atoms with Crippen molar-refractivity contribution in [1.29, 1.82) is 0 Å². The van der Waals surface area contributed by atoms with Gasteiger partial charge in [0, 0.05) is 23.7 Å². The monoisotopic (exact) mass is 590 g/mol. The molecule has 0 aromatic heterocycles. The summed E-state index contributed by atoms with van der Waals surface area (Å²) in [6.07, 6.45) is -8.45. The van der Waals surface area contributed by atoms with Crippen LogP contribution in [-0.2, 0) is 33.2 Å². The minimum absolute atomic E-state index is 0.0101. The summed E-state index contributed by atoms with van der Waals surface area (Å²) in [6, 6.07) is 0. The van der Waals surface area contributed by atoms with Crippen molar-refractivity contribution in [2.24, 2.45) is 35.5 Å². The molecule has 0 aromatic carbocycles. The Morgan fingerprint density at radius 2 is 0.756 bits per heavy atom. The zero-order valence-electron chi connectivity index (χ0n) is 26.2. The predicted molar refractivity (Wildman–Crippen MR) is 147 cm³/mol. The third-order valence-electron chi connectivity index (χ3n) is 10.3. The highest BCUT2D eigenvalue weighted by molar-refractivity contribution is 4.93. The Morgan fingerprint density at radius 1 is 0.366 bits per heavy atom. The van der Waals surface area contributed by atoms with E-state index >= 15 is 0 Å². The minimum Gasteiger partial charge on any atom is -0.390 e. The quantitative estimate of drug-likeness (QED) is 0.360. The van der Waals surface area contributed by atoms with Crippen LogP contribution >= 0.6 is 0 Å². The Kier molecular flexibility index (Phi) is 10.8. The van der Waals surface area contributed by atoms with E-state index in [1.807, 2.05) is 48.5 Å². The average Bonchev–Trinajstić information content (AvgIpc) is 2.92. The Labute approximate surface area is 244 Å². The molecule has 4 N–H and O–H groups in total. The molecule has 41 heavy (non-hydrogen) atoms. The first kappa shape index (κ1) is 33.5.